The van der Waals surface area contributed by atoms with Gasteiger partial charge in [0.1, 0.15) is 12.4 Å². The van der Waals surface area contributed by atoms with Crippen LogP contribution in [0.25, 0.3) is 22.1 Å². The summed E-state index contributed by atoms with van der Waals surface area (Å²) < 4.78 is 6.41. The Morgan fingerprint density at radius 2 is 1.96 bits per heavy atom. The summed E-state index contributed by atoms with van der Waals surface area (Å²) in [6.07, 6.45) is 0. The predicted octanol–water partition coefficient (Wildman–Crippen LogP) is 3.44. The number of benzene rings is 2. The predicted molar refractivity (Wildman–Crippen MR) is 103 cm³/mol. The topological polar surface area (TPSA) is 84.1 Å². The molecule has 0 radical (unpaired) electrons. The van der Waals surface area contributed by atoms with Gasteiger partial charge < -0.3 is 14.3 Å². The van der Waals surface area contributed by atoms with E-state index in [1.807, 2.05) is 0 Å². The molecule has 9 heteroatoms. The second-order valence-electron chi connectivity index (χ2n) is 6.16. The maximum atomic E-state index is 12.6. The number of H-pyrrole nitrogens is 1. The van der Waals surface area contributed by atoms with E-state index in [0.29, 0.717) is 27.0 Å². The molecule has 0 atom stereocenters. The van der Waals surface area contributed by atoms with Gasteiger partial charge in [-0.1, -0.05) is 23.2 Å². The van der Waals surface area contributed by atoms with Crippen LogP contribution >= 0.6 is 23.2 Å². The number of rotatable bonds is 4. The summed E-state index contributed by atoms with van der Waals surface area (Å²) in [6, 6.07) is 10.2. The number of hydrogen-bond acceptors (Lipinski definition) is 4. The van der Waals surface area contributed by atoms with Crippen molar-refractivity contribution in [2.75, 3.05) is 7.05 Å². The Labute approximate surface area is 163 Å². The van der Waals surface area contributed by atoms with Crippen LogP contribution in [0.15, 0.2) is 45.6 Å². The van der Waals surface area contributed by atoms with E-state index in [-0.39, 0.29) is 19.0 Å². The van der Waals surface area contributed by atoms with Crippen LogP contribution in [-0.2, 0) is 17.9 Å². The number of carbonyl (C=O) groups excluding carboxylic acids is 1. The normalized spacial score (nSPS) is 11.4. The monoisotopic (exact) mass is 404 g/mol. The molecule has 0 fully saturated rings. The van der Waals surface area contributed by atoms with Gasteiger partial charge in [0, 0.05) is 17.1 Å². The largest absolute Gasteiger partial charge is 0.420 e. The molecule has 2 heterocycles. The van der Waals surface area contributed by atoms with Gasteiger partial charge in [0.25, 0.3) is 0 Å². The van der Waals surface area contributed by atoms with Crippen molar-refractivity contribution in [2.45, 2.75) is 13.1 Å². The summed E-state index contributed by atoms with van der Waals surface area (Å²) in [5.74, 6) is -0.249. The Hall–Kier alpha value is -2.77. The fourth-order valence-corrected chi connectivity index (χ4v) is 3.20. The number of nitrogens with one attached hydrogen (secondary N) is 1. The molecule has 0 aliphatic rings. The highest BCUT2D eigenvalue weighted by Gasteiger charge is 2.17. The number of imidazole rings is 1. The molecule has 0 unspecified atom stereocenters. The van der Waals surface area contributed by atoms with Crippen molar-refractivity contribution in [1.29, 1.82) is 0 Å². The molecule has 2 aromatic carbocycles. The van der Waals surface area contributed by atoms with Crippen LogP contribution in [0.2, 0.25) is 10.0 Å². The first-order valence-electron chi connectivity index (χ1n) is 8.08. The third-order valence-electron chi connectivity index (χ3n) is 4.23. The van der Waals surface area contributed by atoms with Gasteiger partial charge in [-0.05, 0) is 36.4 Å². The average molecular weight is 405 g/mol. The number of amides is 1. The first-order valence-corrected chi connectivity index (χ1v) is 8.83. The molecular weight excluding hydrogens is 391 g/mol. The molecule has 4 rings (SSSR count). The molecule has 0 aliphatic heterocycles. The second-order valence-corrected chi connectivity index (χ2v) is 7.03. The lowest BCUT2D eigenvalue weighted by Gasteiger charge is -2.15. The summed E-state index contributed by atoms with van der Waals surface area (Å²) in [6.45, 7) is 0.102. The van der Waals surface area contributed by atoms with Crippen LogP contribution in [0.4, 0.5) is 0 Å². The van der Waals surface area contributed by atoms with E-state index in [0.717, 1.165) is 11.0 Å². The van der Waals surface area contributed by atoms with E-state index in [4.69, 9.17) is 27.6 Å². The lowest BCUT2D eigenvalue weighted by Crippen LogP contribution is -2.32. The summed E-state index contributed by atoms with van der Waals surface area (Å²) in [7, 11) is 1.64. The van der Waals surface area contributed by atoms with E-state index in [2.05, 4.69) is 9.97 Å². The van der Waals surface area contributed by atoms with E-state index in [9.17, 15) is 9.59 Å². The lowest BCUT2D eigenvalue weighted by atomic mass is 10.3. The summed E-state index contributed by atoms with van der Waals surface area (Å²) in [5.41, 5.74) is 2.42. The van der Waals surface area contributed by atoms with Crippen molar-refractivity contribution in [2.24, 2.45) is 0 Å². The van der Waals surface area contributed by atoms with E-state index in [1.54, 1.807) is 43.4 Å². The average Bonchev–Trinajstić information content (AvgIpc) is 3.15. The van der Waals surface area contributed by atoms with Gasteiger partial charge in [-0.2, -0.15) is 0 Å². The molecule has 1 amide bonds. The summed E-state index contributed by atoms with van der Waals surface area (Å²) >= 11 is 12.0. The molecule has 0 saturated heterocycles. The minimum absolute atomic E-state index is 0.158. The van der Waals surface area contributed by atoms with Gasteiger partial charge in [0.15, 0.2) is 5.58 Å². The number of halogens is 2. The molecule has 0 saturated carbocycles. The number of carbonyl (C=O) groups is 1. The first kappa shape index (κ1) is 17.6. The standard InChI is InChI=1S/C18H14Cl2N4O3/c1-23(8-16-21-12-4-2-10(19)6-13(12)22-16)17(25)9-24-14-7-11(20)3-5-15(14)27-18(24)26/h2-7H,8-9H2,1H3,(H,21,22). The van der Waals surface area contributed by atoms with Gasteiger partial charge in [-0.15, -0.1) is 0 Å². The highest BCUT2D eigenvalue weighted by atomic mass is 35.5. The minimum atomic E-state index is -0.604. The molecule has 7 nitrogen and oxygen atoms in total. The van der Waals surface area contributed by atoms with Crippen molar-refractivity contribution >= 4 is 51.2 Å². The fraction of sp³-hybridized carbons (Fsp3) is 0.167. The maximum absolute atomic E-state index is 12.6. The maximum Gasteiger partial charge on any atom is 0.420 e. The smallest absolute Gasteiger partial charge is 0.408 e. The SMILES string of the molecule is CN(Cc1nc2ccc(Cl)cc2[nH]1)C(=O)Cn1c(=O)oc2ccc(Cl)cc21. The van der Waals surface area contributed by atoms with Crippen molar-refractivity contribution < 1.29 is 9.21 Å². The molecule has 0 spiro atoms. The lowest BCUT2D eigenvalue weighted by molar-refractivity contribution is -0.131. The molecule has 4 aromatic rings. The van der Waals surface area contributed by atoms with Crippen LogP contribution in [0.3, 0.4) is 0 Å². The third-order valence-corrected chi connectivity index (χ3v) is 4.70. The van der Waals surface area contributed by atoms with Gasteiger partial charge in [0.05, 0.1) is 23.1 Å². The fourth-order valence-electron chi connectivity index (χ4n) is 2.86. The number of likely N-dealkylation sites (N-methyl/N-ethyl adjacent to an activating group) is 1. The molecule has 0 bridgehead atoms. The Bertz CT molecular complexity index is 1220. The highest BCUT2D eigenvalue weighted by molar-refractivity contribution is 6.31. The van der Waals surface area contributed by atoms with Crippen molar-refractivity contribution in [3.8, 4) is 0 Å². The Balaban J connectivity index is 1.55. The Morgan fingerprint density at radius 3 is 2.78 bits per heavy atom. The van der Waals surface area contributed by atoms with Crippen LogP contribution in [0, 0.1) is 0 Å². The number of oxazole rings is 1. The minimum Gasteiger partial charge on any atom is -0.408 e. The number of hydrogen-bond donors (Lipinski definition) is 1. The zero-order valence-electron chi connectivity index (χ0n) is 14.2. The van der Waals surface area contributed by atoms with Crippen molar-refractivity contribution in [3.05, 3.63) is 62.8 Å². The molecular formula is C18H14Cl2N4O3. The zero-order valence-corrected chi connectivity index (χ0v) is 15.7. The second kappa shape index (κ2) is 6.75. The van der Waals surface area contributed by atoms with Crippen LogP contribution in [0.1, 0.15) is 5.82 Å². The molecule has 27 heavy (non-hydrogen) atoms. The molecule has 2 aromatic heterocycles. The van der Waals surface area contributed by atoms with Crippen molar-refractivity contribution in [1.82, 2.24) is 19.4 Å². The van der Waals surface area contributed by atoms with E-state index >= 15 is 0 Å². The van der Waals surface area contributed by atoms with Gasteiger partial charge >= 0.3 is 5.76 Å². The summed E-state index contributed by atoms with van der Waals surface area (Å²) in [4.78, 5) is 33.7. The third kappa shape index (κ3) is 3.43. The van der Waals surface area contributed by atoms with Gasteiger partial charge in [0.2, 0.25) is 5.91 Å². The van der Waals surface area contributed by atoms with E-state index in [1.165, 1.54) is 9.47 Å². The van der Waals surface area contributed by atoms with Gasteiger partial charge in [-0.3, -0.25) is 9.36 Å². The quantitative estimate of drug-likeness (QED) is 0.564. The molecule has 0 aliphatic carbocycles. The number of aromatic amines is 1. The first-order chi connectivity index (χ1) is 12.9. The Morgan fingerprint density at radius 1 is 1.22 bits per heavy atom. The summed E-state index contributed by atoms with van der Waals surface area (Å²) in [5, 5.41) is 1.06. The van der Waals surface area contributed by atoms with Crippen molar-refractivity contribution in [3.63, 3.8) is 0 Å². The van der Waals surface area contributed by atoms with Crippen LogP contribution < -0.4 is 5.76 Å². The number of fused-ring (bicyclic) bond motifs is 2. The molecule has 138 valence electrons. The van der Waals surface area contributed by atoms with Crippen LogP contribution in [-0.4, -0.2) is 32.4 Å². The highest BCUT2D eigenvalue weighted by Crippen LogP contribution is 2.19. The van der Waals surface area contributed by atoms with Crippen LogP contribution in [0.5, 0.6) is 0 Å². The number of nitrogens with zero attached hydrogens (tertiary/aromatic N) is 3. The Kier molecular flexibility index (Phi) is 4.41. The number of aromatic nitrogens is 3. The zero-order chi connectivity index (χ0) is 19.1. The molecule has 1 N–H and O–H groups in total. The van der Waals surface area contributed by atoms with Gasteiger partial charge in [-0.25, -0.2) is 9.78 Å². The van der Waals surface area contributed by atoms with E-state index < -0.39 is 5.76 Å².